The van der Waals surface area contributed by atoms with Crippen molar-refractivity contribution in [3.05, 3.63) is 29.0 Å². The summed E-state index contributed by atoms with van der Waals surface area (Å²) in [6.45, 7) is 4.57. The SMILES string of the molecule is CC1CCC(C(O)c2ccncc2Cl)CC1C. The van der Waals surface area contributed by atoms with Crippen LogP contribution in [0.4, 0.5) is 0 Å². The molecule has 0 saturated heterocycles. The molecular weight excluding hydrogens is 234 g/mol. The number of rotatable bonds is 2. The molecule has 1 N–H and O–H groups in total. The second-order valence-corrected chi connectivity index (χ2v) is 5.78. The molecule has 0 radical (unpaired) electrons. The Bertz CT molecular complexity index is 382. The highest BCUT2D eigenvalue weighted by molar-refractivity contribution is 6.31. The van der Waals surface area contributed by atoms with E-state index in [4.69, 9.17) is 11.6 Å². The number of pyridine rings is 1. The summed E-state index contributed by atoms with van der Waals surface area (Å²) < 4.78 is 0. The summed E-state index contributed by atoms with van der Waals surface area (Å²) in [6.07, 6.45) is 6.23. The standard InChI is InChI=1S/C14H20ClNO/c1-9-3-4-11(7-10(9)2)14(17)12-5-6-16-8-13(12)15/h5-6,8-11,14,17H,3-4,7H2,1-2H3. The van der Waals surface area contributed by atoms with Crippen LogP contribution in [0.25, 0.3) is 0 Å². The van der Waals surface area contributed by atoms with Crippen molar-refractivity contribution in [2.24, 2.45) is 17.8 Å². The molecule has 3 heteroatoms. The molecule has 0 bridgehead atoms. The molecule has 17 heavy (non-hydrogen) atoms. The van der Waals surface area contributed by atoms with Crippen molar-refractivity contribution in [1.82, 2.24) is 4.98 Å². The first-order chi connectivity index (χ1) is 8.09. The number of aromatic nitrogens is 1. The largest absolute Gasteiger partial charge is 0.388 e. The fourth-order valence-corrected chi connectivity index (χ4v) is 2.99. The molecule has 2 rings (SSSR count). The molecule has 0 spiro atoms. The van der Waals surface area contributed by atoms with Gasteiger partial charge < -0.3 is 5.11 Å². The van der Waals surface area contributed by atoms with Gasteiger partial charge in [-0.3, -0.25) is 4.98 Å². The lowest BCUT2D eigenvalue weighted by Gasteiger charge is -2.35. The van der Waals surface area contributed by atoms with E-state index < -0.39 is 6.10 Å². The van der Waals surface area contributed by atoms with Gasteiger partial charge in [0.25, 0.3) is 0 Å². The molecule has 1 heterocycles. The van der Waals surface area contributed by atoms with E-state index in [2.05, 4.69) is 18.8 Å². The first-order valence-corrected chi connectivity index (χ1v) is 6.75. The third kappa shape index (κ3) is 2.80. The van der Waals surface area contributed by atoms with Crippen molar-refractivity contribution in [2.75, 3.05) is 0 Å². The Morgan fingerprint density at radius 2 is 2.12 bits per heavy atom. The highest BCUT2D eigenvalue weighted by Gasteiger charge is 2.30. The molecule has 1 fully saturated rings. The second-order valence-electron chi connectivity index (χ2n) is 5.37. The lowest BCUT2D eigenvalue weighted by molar-refractivity contribution is 0.0561. The number of nitrogens with zero attached hydrogens (tertiary/aromatic N) is 1. The average Bonchev–Trinajstić information content (AvgIpc) is 2.32. The Morgan fingerprint density at radius 1 is 1.35 bits per heavy atom. The van der Waals surface area contributed by atoms with E-state index in [1.54, 1.807) is 12.4 Å². The normalized spacial score (nSPS) is 31.2. The third-order valence-electron chi connectivity index (χ3n) is 4.21. The molecule has 0 amide bonds. The lowest BCUT2D eigenvalue weighted by atomic mass is 9.73. The maximum atomic E-state index is 10.4. The van der Waals surface area contributed by atoms with Crippen LogP contribution in [0, 0.1) is 17.8 Å². The van der Waals surface area contributed by atoms with E-state index in [1.807, 2.05) is 6.07 Å². The van der Waals surface area contributed by atoms with Crippen molar-refractivity contribution < 1.29 is 5.11 Å². The summed E-state index contributed by atoms with van der Waals surface area (Å²) >= 11 is 6.08. The zero-order chi connectivity index (χ0) is 12.4. The van der Waals surface area contributed by atoms with Crippen LogP contribution in [-0.2, 0) is 0 Å². The maximum Gasteiger partial charge on any atom is 0.0833 e. The summed E-state index contributed by atoms with van der Waals surface area (Å²) in [5.41, 5.74) is 0.827. The smallest absolute Gasteiger partial charge is 0.0833 e. The Morgan fingerprint density at radius 3 is 2.76 bits per heavy atom. The molecule has 0 aromatic carbocycles. The average molecular weight is 254 g/mol. The van der Waals surface area contributed by atoms with Gasteiger partial charge >= 0.3 is 0 Å². The maximum absolute atomic E-state index is 10.4. The molecule has 4 unspecified atom stereocenters. The predicted molar refractivity (Wildman–Crippen MR) is 69.9 cm³/mol. The van der Waals surface area contributed by atoms with E-state index in [1.165, 1.54) is 6.42 Å². The van der Waals surface area contributed by atoms with Gasteiger partial charge in [0.05, 0.1) is 11.1 Å². The second kappa shape index (κ2) is 5.36. The van der Waals surface area contributed by atoms with Gasteiger partial charge in [-0.25, -0.2) is 0 Å². The zero-order valence-corrected chi connectivity index (χ0v) is 11.2. The van der Waals surface area contributed by atoms with Crippen LogP contribution in [0.3, 0.4) is 0 Å². The topological polar surface area (TPSA) is 33.1 Å². The van der Waals surface area contributed by atoms with Gasteiger partial charge in [-0.05, 0) is 36.7 Å². The van der Waals surface area contributed by atoms with Gasteiger partial charge in [-0.2, -0.15) is 0 Å². The van der Waals surface area contributed by atoms with E-state index >= 15 is 0 Å². The minimum absolute atomic E-state index is 0.334. The monoisotopic (exact) mass is 253 g/mol. The summed E-state index contributed by atoms with van der Waals surface area (Å²) in [4.78, 5) is 3.96. The number of aliphatic hydroxyl groups is 1. The lowest BCUT2D eigenvalue weighted by Crippen LogP contribution is -2.25. The number of halogens is 1. The van der Waals surface area contributed by atoms with Crippen LogP contribution in [0.1, 0.15) is 44.8 Å². The molecule has 1 aromatic rings. The van der Waals surface area contributed by atoms with Crippen molar-refractivity contribution >= 4 is 11.6 Å². The fourth-order valence-electron chi connectivity index (χ4n) is 2.76. The molecule has 1 saturated carbocycles. The van der Waals surface area contributed by atoms with Gasteiger partial charge in [0.2, 0.25) is 0 Å². The van der Waals surface area contributed by atoms with E-state index in [0.29, 0.717) is 16.9 Å². The van der Waals surface area contributed by atoms with Crippen LogP contribution in [0.2, 0.25) is 5.02 Å². The van der Waals surface area contributed by atoms with Crippen LogP contribution in [0.15, 0.2) is 18.5 Å². The van der Waals surface area contributed by atoms with Gasteiger partial charge in [0.1, 0.15) is 0 Å². The third-order valence-corrected chi connectivity index (χ3v) is 4.52. The fraction of sp³-hybridized carbons (Fsp3) is 0.643. The first kappa shape index (κ1) is 12.8. The van der Waals surface area contributed by atoms with Gasteiger partial charge in [0.15, 0.2) is 0 Å². The summed E-state index contributed by atoms with van der Waals surface area (Å²) in [6, 6.07) is 1.83. The Kier molecular flexibility index (Phi) is 4.05. The van der Waals surface area contributed by atoms with Crippen LogP contribution in [-0.4, -0.2) is 10.1 Å². The number of hydrogen-bond donors (Lipinski definition) is 1. The predicted octanol–water partition coefficient (Wildman–Crippen LogP) is 3.84. The van der Waals surface area contributed by atoms with Gasteiger partial charge in [-0.15, -0.1) is 0 Å². The van der Waals surface area contributed by atoms with Crippen molar-refractivity contribution in [3.8, 4) is 0 Å². The van der Waals surface area contributed by atoms with Gasteiger partial charge in [-0.1, -0.05) is 31.9 Å². The first-order valence-electron chi connectivity index (χ1n) is 6.37. The zero-order valence-electron chi connectivity index (χ0n) is 10.4. The van der Waals surface area contributed by atoms with Gasteiger partial charge in [0, 0.05) is 18.0 Å². The molecule has 0 aliphatic heterocycles. The van der Waals surface area contributed by atoms with E-state index in [0.717, 1.165) is 24.3 Å². The summed E-state index contributed by atoms with van der Waals surface area (Å²) in [7, 11) is 0. The molecule has 1 aliphatic carbocycles. The van der Waals surface area contributed by atoms with Crippen LogP contribution < -0.4 is 0 Å². The summed E-state index contributed by atoms with van der Waals surface area (Å²) in [5, 5.41) is 11.0. The van der Waals surface area contributed by atoms with E-state index in [-0.39, 0.29) is 0 Å². The van der Waals surface area contributed by atoms with Crippen molar-refractivity contribution in [3.63, 3.8) is 0 Å². The number of hydrogen-bond acceptors (Lipinski definition) is 2. The molecular formula is C14H20ClNO. The minimum atomic E-state index is -0.444. The molecule has 4 atom stereocenters. The van der Waals surface area contributed by atoms with E-state index in [9.17, 15) is 5.11 Å². The minimum Gasteiger partial charge on any atom is -0.388 e. The van der Waals surface area contributed by atoms with Crippen molar-refractivity contribution in [2.45, 2.75) is 39.2 Å². The van der Waals surface area contributed by atoms with Crippen molar-refractivity contribution in [1.29, 1.82) is 0 Å². The number of aliphatic hydroxyl groups excluding tert-OH is 1. The highest BCUT2D eigenvalue weighted by Crippen LogP contribution is 2.40. The van der Waals surface area contributed by atoms with Crippen LogP contribution in [0.5, 0.6) is 0 Å². The molecule has 2 nitrogen and oxygen atoms in total. The quantitative estimate of drug-likeness (QED) is 0.869. The summed E-state index contributed by atoms with van der Waals surface area (Å²) in [5.74, 6) is 1.79. The molecule has 1 aliphatic rings. The molecule has 1 aromatic heterocycles. The Balaban J connectivity index is 2.10. The highest BCUT2D eigenvalue weighted by atomic mass is 35.5. The molecule has 94 valence electrons. The Hall–Kier alpha value is -0.600. The van der Waals surface area contributed by atoms with Crippen LogP contribution >= 0.6 is 11.6 Å². The Labute approximate surface area is 108 Å².